The Morgan fingerprint density at radius 3 is 2.75 bits per heavy atom. The molecule has 0 aromatic heterocycles. The second kappa shape index (κ2) is 2.18. The molecule has 0 aromatic rings. The Labute approximate surface area is 70.9 Å². The number of carbonyl (C=O) groups is 1. The molecule has 0 radical (unpaired) electrons. The third-order valence-corrected chi connectivity index (χ3v) is 2.82. The van der Waals surface area contributed by atoms with Gasteiger partial charge in [0.2, 0.25) is 0 Å². The van der Waals surface area contributed by atoms with Gasteiger partial charge in [-0.15, -0.1) is 4.59 Å². The predicted octanol–water partition coefficient (Wildman–Crippen LogP) is -0.559. The van der Waals surface area contributed by atoms with Gasteiger partial charge in [0.1, 0.15) is 0 Å². The van der Waals surface area contributed by atoms with E-state index in [1.807, 2.05) is 0 Å². The smallest absolute Gasteiger partial charge is 0.434 e. The summed E-state index contributed by atoms with van der Waals surface area (Å²) in [5.74, 6) is 5.57. The molecular formula is C7H14N3O2+. The zero-order valence-corrected chi connectivity index (χ0v) is 7.10. The SMILES string of the molecule is CC1CN1CC1C[N+]1(N)C(=O)O. The van der Waals surface area contributed by atoms with Crippen LogP contribution < -0.4 is 5.84 Å². The summed E-state index contributed by atoms with van der Waals surface area (Å²) in [6, 6.07) is 0.750. The average Bonchev–Trinajstić information content (AvgIpc) is 2.79. The highest BCUT2D eigenvalue weighted by atomic mass is 16.4. The van der Waals surface area contributed by atoms with Crippen LogP contribution in [-0.2, 0) is 0 Å². The molecule has 5 nitrogen and oxygen atoms in total. The second-order valence-electron chi connectivity index (χ2n) is 3.85. The first-order valence-corrected chi connectivity index (χ1v) is 4.18. The van der Waals surface area contributed by atoms with Crippen LogP contribution in [0, 0.1) is 0 Å². The summed E-state index contributed by atoms with van der Waals surface area (Å²) < 4.78 is -0.275. The molecule has 4 atom stereocenters. The first-order valence-electron chi connectivity index (χ1n) is 4.18. The summed E-state index contributed by atoms with van der Waals surface area (Å²) in [4.78, 5) is 12.8. The normalized spacial score (nSPS) is 50.3. The van der Waals surface area contributed by atoms with Crippen molar-refractivity contribution in [2.45, 2.75) is 19.0 Å². The maximum Gasteiger partial charge on any atom is 0.533 e. The number of nitrogens with zero attached hydrogens (tertiary/aromatic N) is 2. The van der Waals surface area contributed by atoms with Gasteiger partial charge in [-0.1, -0.05) is 0 Å². The van der Waals surface area contributed by atoms with Crippen LogP contribution in [0.2, 0.25) is 0 Å². The molecule has 2 saturated heterocycles. The summed E-state index contributed by atoms with van der Waals surface area (Å²) in [7, 11) is 0. The molecule has 4 unspecified atom stereocenters. The lowest BCUT2D eigenvalue weighted by Crippen LogP contribution is -2.43. The molecule has 1 amide bonds. The number of quaternary nitrogens is 1. The fourth-order valence-electron chi connectivity index (χ4n) is 1.56. The summed E-state index contributed by atoms with van der Waals surface area (Å²) in [5.41, 5.74) is 0. The summed E-state index contributed by atoms with van der Waals surface area (Å²) in [6.07, 6.45) is -0.908. The fraction of sp³-hybridized carbons (Fsp3) is 0.857. The van der Waals surface area contributed by atoms with Crippen molar-refractivity contribution >= 4 is 6.09 Å². The van der Waals surface area contributed by atoms with Crippen molar-refractivity contribution in [3.05, 3.63) is 0 Å². The van der Waals surface area contributed by atoms with E-state index in [2.05, 4.69) is 11.8 Å². The van der Waals surface area contributed by atoms with E-state index in [0.29, 0.717) is 12.6 Å². The van der Waals surface area contributed by atoms with Crippen molar-refractivity contribution in [1.29, 1.82) is 0 Å². The minimum atomic E-state index is -0.908. The van der Waals surface area contributed by atoms with E-state index in [4.69, 9.17) is 10.9 Å². The van der Waals surface area contributed by atoms with Crippen LogP contribution >= 0.6 is 0 Å². The van der Waals surface area contributed by atoms with Crippen LogP contribution in [0.5, 0.6) is 0 Å². The van der Waals surface area contributed by atoms with E-state index in [9.17, 15) is 4.79 Å². The zero-order chi connectivity index (χ0) is 8.93. The molecule has 5 heteroatoms. The van der Waals surface area contributed by atoms with Crippen molar-refractivity contribution in [2.24, 2.45) is 5.84 Å². The number of hydrogen-bond acceptors (Lipinski definition) is 3. The number of rotatable bonds is 2. The number of carboxylic acid groups (broad SMARTS) is 1. The van der Waals surface area contributed by atoms with E-state index in [-0.39, 0.29) is 10.6 Å². The van der Waals surface area contributed by atoms with Crippen LogP contribution in [0.4, 0.5) is 4.79 Å². The molecular weight excluding hydrogens is 158 g/mol. The van der Waals surface area contributed by atoms with Crippen LogP contribution in [-0.4, -0.2) is 52.4 Å². The molecule has 3 N–H and O–H groups in total. The van der Waals surface area contributed by atoms with Crippen molar-refractivity contribution in [1.82, 2.24) is 4.90 Å². The molecule has 2 heterocycles. The maximum absolute atomic E-state index is 10.6. The Balaban J connectivity index is 1.83. The average molecular weight is 172 g/mol. The van der Waals surface area contributed by atoms with Crippen molar-refractivity contribution < 1.29 is 14.5 Å². The second-order valence-corrected chi connectivity index (χ2v) is 3.85. The number of nitrogens with two attached hydrogens (primary N) is 1. The molecule has 68 valence electrons. The highest BCUT2D eigenvalue weighted by Gasteiger charge is 2.61. The molecule has 0 bridgehead atoms. The molecule has 12 heavy (non-hydrogen) atoms. The Morgan fingerprint density at radius 1 is 1.83 bits per heavy atom. The molecule has 0 spiro atoms. The van der Waals surface area contributed by atoms with Gasteiger partial charge in [0.25, 0.3) is 0 Å². The van der Waals surface area contributed by atoms with Crippen LogP contribution in [0.1, 0.15) is 6.92 Å². The lowest BCUT2D eigenvalue weighted by molar-refractivity contribution is -0.748. The van der Waals surface area contributed by atoms with E-state index < -0.39 is 6.09 Å². The van der Waals surface area contributed by atoms with Gasteiger partial charge in [-0.3, -0.25) is 4.90 Å². The van der Waals surface area contributed by atoms with Gasteiger partial charge in [-0.25, -0.2) is 0 Å². The number of hydrogen-bond donors (Lipinski definition) is 2. The molecule has 2 aliphatic heterocycles. The van der Waals surface area contributed by atoms with Gasteiger partial charge in [-0.05, 0) is 6.92 Å². The lowest BCUT2D eigenvalue weighted by atomic mass is 10.4. The molecule has 2 aliphatic rings. The first-order chi connectivity index (χ1) is 5.54. The van der Waals surface area contributed by atoms with Crippen molar-refractivity contribution in [2.75, 3.05) is 19.6 Å². The lowest BCUT2D eigenvalue weighted by Gasteiger charge is -2.05. The number of amides is 1. The van der Waals surface area contributed by atoms with Gasteiger partial charge >= 0.3 is 6.09 Å². The van der Waals surface area contributed by atoms with Crippen LogP contribution in [0.15, 0.2) is 0 Å². The highest BCUT2D eigenvalue weighted by molar-refractivity contribution is 5.58. The van der Waals surface area contributed by atoms with Crippen molar-refractivity contribution in [3.8, 4) is 0 Å². The van der Waals surface area contributed by atoms with E-state index in [1.165, 1.54) is 0 Å². The van der Waals surface area contributed by atoms with E-state index in [1.54, 1.807) is 0 Å². The third kappa shape index (κ3) is 1.10. The van der Waals surface area contributed by atoms with E-state index >= 15 is 0 Å². The minimum absolute atomic E-state index is 0.118. The Bertz CT molecular complexity index is 233. The molecule has 2 fully saturated rings. The van der Waals surface area contributed by atoms with E-state index in [0.717, 1.165) is 13.1 Å². The topological polar surface area (TPSA) is 66.3 Å². The van der Waals surface area contributed by atoms with Gasteiger partial charge in [0.05, 0.1) is 6.54 Å². The summed E-state index contributed by atoms with van der Waals surface area (Å²) >= 11 is 0. The van der Waals surface area contributed by atoms with Gasteiger partial charge in [0, 0.05) is 12.6 Å². The van der Waals surface area contributed by atoms with Gasteiger partial charge in [-0.2, -0.15) is 10.6 Å². The quantitative estimate of drug-likeness (QED) is 0.254. The largest absolute Gasteiger partial charge is 0.533 e. The van der Waals surface area contributed by atoms with Crippen LogP contribution in [0.25, 0.3) is 0 Å². The highest BCUT2D eigenvalue weighted by Crippen LogP contribution is 2.29. The third-order valence-electron chi connectivity index (χ3n) is 2.82. The molecule has 2 rings (SSSR count). The molecule has 0 saturated carbocycles. The summed E-state index contributed by atoms with van der Waals surface area (Å²) in [5, 5.41) is 8.71. The molecule has 0 aliphatic carbocycles. The fourth-order valence-corrected chi connectivity index (χ4v) is 1.56. The Hall–Kier alpha value is -0.650. The van der Waals surface area contributed by atoms with Gasteiger partial charge < -0.3 is 5.11 Å². The van der Waals surface area contributed by atoms with Crippen LogP contribution in [0.3, 0.4) is 0 Å². The Kier molecular flexibility index (Phi) is 1.45. The Morgan fingerprint density at radius 2 is 2.42 bits per heavy atom. The van der Waals surface area contributed by atoms with Gasteiger partial charge in [0.15, 0.2) is 12.6 Å². The monoisotopic (exact) mass is 172 g/mol. The predicted molar refractivity (Wildman–Crippen MR) is 42.2 cm³/mol. The molecule has 0 aromatic carbocycles. The zero-order valence-electron chi connectivity index (χ0n) is 7.10. The standard InChI is InChI=1S/C7H13N3O2/c1-5-2-9(5)3-6-4-10(6,8)7(11)12/h5-6H,2-4,8H2,1H3/p+1. The first kappa shape index (κ1) is 7.97. The van der Waals surface area contributed by atoms with Crippen molar-refractivity contribution in [3.63, 3.8) is 0 Å². The minimum Gasteiger partial charge on any atom is -0.434 e. The maximum atomic E-state index is 10.6. The summed E-state index contributed by atoms with van der Waals surface area (Å²) in [6.45, 7) is 4.65.